The van der Waals surface area contributed by atoms with Gasteiger partial charge in [0.25, 0.3) is 0 Å². The summed E-state index contributed by atoms with van der Waals surface area (Å²) in [5.74, 6) is -0.570. The van der Waals surface area contributed by atoms with Gasteiger partial charge in [0.05, 0.1) is 17.0 Å². The van der Waals surface area contributed by atoms with Gasteiger partial charge in [0.2, 0.25) is 5.91 Å². The fourth-order valence-electron chi connectivity index (χ4n) is 2.33. The Morgan fingerprint density at radius 1 is 1.27 bits per heavy atom. The van der Waals surface area contributed by atoms with E-state index in [4.69, 9.17) is 0 Å². The van der Waals surface area contributed by atoms with E-state index in [0.717, 1.165) is 27.6 Å². The summed E-state index contributed by atoms with van der Waals surface area (Å²) < 4.78 is 39.0. The molecule has 0 spiro atoms. The topological polar surface area (TPSA) is 54.9 Å². The first-order chi connectivity index (χ1) is 12.4. The van der Waals surface area contributed by atoms with Crippen LogP contribution < -0.4 is 5.32 Å². The minimum Gasteiger partial charge on any atom is -0.325 e. The van der Waals surface area contributed by atoms with Crippen LogP contribution in [0.4, 0.5) is 18.9 Å². The molecule has 3 rings (SSSR count). The Bertz CT molecular complexity index is 940. The van der Waals surface area contributed by atoms with Crippen molar-refractivity contribution in [3.8, 4) is 0 Å². The Hall–Kier alpha value is -2.13. The third-order valence-corrected chi connectivity index (χ3v) is 5.73. The van der Waals surface area contributed by atoms with Crippen LogP contribution in [0.15, 0.2) is 41.7 Å². The van der Waals surface area contributed by atoms with Gasteiger partial charge in [0.15, 0.2) is 0 Å². The highest BCUT2D eigenvalue weighted by molar-refractivity contribution is 8.00. The van der Waals surface area contributed by atoms with Crippen LogP contribution in [0.25, 0.3) is 10.2 Å². The molecule has 0 fully saturated rings. The van der Waals surface area contributed by atoms with Crippen molar-refractivity contribution in [2.45, 2.75) is 24.5 Å². The molecule has 4 nitrogen and oxygen atoms in total. The largest absolute Gasteiger partial charge is 0.418 e. The monoisotopic (exact) mass is 397 g/mol. The highest BCUT2D eigenvalue weighted by Crippen LogP contribution is 2.35. The fraction of sp³-hybridized carbons (Fsp3) is 0.235. The number of anilines is 1. The molecule has 0 unspecified atom stereocenters. The van der Waals surface area contributed by atoms with Gasteiger partial charge < -0.3 is 5.32 Å². The third-order valence-electron chi connectivity index (χ3n) is 3.54. The normalized spacial score (nSPS) is 11.7. The number of hydrogen-bond acceptors (Lipinski definition) is 5. The maximum atomic E-state index is 13.0. The molecule has 9 heteroatoms. The standard InChI is InChI=1S/C17H14F3N3OS2/c1-2-10-7-11-15(21-9-22-16(11)26-10)25-8-14(24)23-13-6-4-3-5-12(13)17(18,19)20/h3-7,9H,2,8H2,1H3,(H,23,24). The predicted octanol–water partition coefficient (Wildman–Crippen LogP) is 5.00. The number of aromatic nitrogens is 2. The smallest absolute Gasteiger partial charge is 0.325 e. The molecule has 0 bridgehead atoms. The quantitative estimate of drug-likeness (QED) is 0.486. The molecule has 1 aromatic carbocycles. The average molecular weight is 397 g/mol. The molecular weight excluding hydrogens is 383 g/mol. The van der Waals surface area contributed by atoms with Gasteiger partial charge in [-0.2, -0.15) is 13.2 Å². The van der Waals surface area contributed by atoms with Crippen molar-refractivity contribution in [3.63, 3.8) is 0 Å². The first kappa shape index (κ1) is 18.7. The van der Waals surface area contributed by atoms with E-state index in [1.807, 2.05) is 13.0 Å². The lowest BCUT2D eigenvalue weighted by atomic mass is 10.1. The zero-order valence-corrected chi connectivity index (χ0v) is 15.3. The summed E-state index contributed by atoms with van der Waals surface area (Å²) in [6.45, 7) is 2.04. The summed E-state index contributed by atoms with van der Waals surface area (Å²) in [6, 6.07) is 6.89. The van der Waals surface area contributed by atoms with Crippen molar-refractivity contribution in [1.29, 1.82) is 0 Å². The highest BCUT2D eigenvalue weighted by atomic mass is 32.2. The van der Waals surface area contributed by atoms with Crippen LogP contribution in [0, 0.1) is 0 Å². The molecule has 136 valence electrons. The number of alkyl halides is 3. The van der Waals surface area contributed by atoms with Crippen LogP contribution in [0.1, 0.15) is 17.4 Å². The van der Waals surface area contributed by atoms with E-state index in [1.54, 1.807) is 11.3 Å². The van der Waals surface area contributed by atoms with Crippen molar-refractivity contribution in [1.82, 2.24) is 9.97 Å². The third kappa shape index (κ3) is 4.16. The van der Waals surface area contributed by atoms with Crippen LogP contribution in [0.2, 0.25) is 0 Å². The lowest BCUT2D eigenvalue weighted by molar-refractivity contribution is -0.137. The highest BCUT2D eigenvalue weighted by Gasteiger charge is 2.33. The number of thioether (sulfide) groups is 1. The Balaban J connectivity index is 1.72. The van der Waals surface area contributed by atoms with Crippen molar-refractivity contribution < 1.29 is 18.0 Å². The molecular formula is C17H14F3N3OS2. The van der Waals surface area contributed by atoms with Crippen LogP contribution in [-0.2, 0) is 17.4 Å². The van der Waals surface area contributed by atoms with Gasteiger partial charge in [-0.25, -0.2) is 9.97 Å². The molecule has 0 saturated carbocycles. The van der Waals surface area contributed by atoms with Crippen LogP contribution in [0.5, 0.6) is 0 Å². The summed E-state index contributed by atoms with van der Waals surface area (Å²) in [7, 11) is 0. The summed E-state index contributed by atoms with van der Waals surface area (Å²) in [5.41, 5.74) is -1.12. The molecule has 0 saturated heterocycles. The zero-order chi connectivity index (χ0) is 18.7. The van der Waals surface area contributed by atoms with Gasteiger partial charge in [-0.1, -0.05) is 30.8 Å². The number of halogens is 3. The second-order valence-corrected chi connectivity index (χ2v) is 7.42. The number of nitrogens with zero attached hydrogens (tertiary/aromatic N) is 2. The van der Waals surface area contributed by atoms with Gasteiger partial charge in [-0.15, -0.1) is 11.3 Å². The fourth-order valence-corrected chi connectivity index (χ4v) is 4.10. The maximum absolute atomic E-state index is 13.0. The molecule has 0 atom stereocenters. The van der Waals surface area contributed by atoms with E-state index in [0.29, 0.717) is 5.03 Å². The van der Waals surface area contributed by atoms with E-state index in [9.17, 15) is 18.0 Å². The molecule has 0 aliphatic carbocycles. The molecule has 3 aromatic rings. The van der Waals surface area contributed by atoms with Crippen LogP contribution in [0.3, 0.4) is 0 Å². The molecule has 2 heterocycles. The van der Waals surface area contributed by atoms with E-state index in [2.05, 4.69) is 15.3 Å². The summed E-state index contributed by atoms with van der Waals surface area (Å²) >= 11 is 2.74. The molecule has 0 aliphatic heterocycles. The van der Waals surface area contributed by atoms with Gasteiger partial charge >= 0.3 is 6.18 Å². The van der Waals surface area contributed by atoms with E-state index >= 15 is 0 Å². The van der Waals surface area contributed by atoms with Crippen molar-refractivity contribution >= 4 is 44.9 Å². The first-order valence-corrected chi connectivity index (χ1v) is 9.51. The van der Waals surface area contributed by atoms with Gasteiger partial charge in [0.1, 0.15) is 16.2 Å². The number of carbonyl (C=O) groups is 1. The number of fused-ring (bicyclic) bond motifs is 1. The molecule has 1 N–H and O–H groups in total. The molecule has 0 aliphatic rings. The minimum absolute atomic E-state index is 0.0460. The SMILES string of the molecule is CCc1cc2c(SCC(=O)Nc3ccccc3C(F)(F)F)ncnc2s1. The first-order valence-electron chi connectivity index (χ1n) is 7.70. The zero-order valence-electron chi connectivity index (χ0n) is 13.6. The second-order valence-electron chi connectivity index (χ2n) is 5.34. The van der Waals surface area contributed by atoms with Gasteiger partial charge in [-0.3, -0.25) is 4.79 Å². The van der Waals surface area contributed by atoms with Crippen LogP contribution >= 0.6 is 23.1 Å². The van der Waals surface area contributed by atoms with E-state index < -0.39 is 17.6 Å². The predicted molar refractivity (Wildman–Crippen MR) is 97.6 cm³/mol. The van der Waals surface area contributed by atoms with Crippen molar-refractivity contribution in [3.05, 3.63) is 47.1 Å². The van der Waals surface area contributed by atoms with Gasteiger partial charge in [-0.05, 0) is 24.6 Å². The summed E-state index contributed by atoms with van der Waals surface area (Å²) in [6.07, 6.45) is -2.22. The number of amides is 1. The Kier molecular flexibility index (Phi) is 5.47. The van der Waals surface area contributed by atoms with E-state index in [-0.39, 0.29) is 11.4 Å². The Morgan fingerprint density at radius 3 is 2.77 bits per heavy atom. The molecule has 1 amide bonds. The molecule has 2 aromatic heterocycles. The second kappa shape index (κ2) is 7.63. The number of nitrogens with one attached hydrogen (secondary N) is 1. The summed E-state index contributed by atoms with van der Waals surface area (Å²) in [5, 5.41) is 3.84. The lowest BCUT2D eigenvalue weighted by Crippen LogP contribution is -2.18. The number of thiophene rings is 1. The summed E-state index contributed by atoms with van der Waals surface area (Å²) in [4.78, 5) is 22.5. The van der Waals surface area contributed by atoms with Crippen LogP contribution in [-0.4, -0.2) is 21.6 Å². The van der Waals surface area contributed by atoms with Crippen molar-refractivity contribution in [2.75, 3.05) is 11.1 Å². The molecule has 26 heavy (non-hydrogen) atoms. The number of carbonyl (C=O) groups excluding carboxylic acids is 1. The van der Waals surface area contributed by atoms with Gasteiger partial charge in [0, 0.05) is 10.3 Å². The van der Waals surface area contributed by atoms with E-state index in [1.165, 1.54) is 36.3 Å². The number of benzene rings is 1. The maximum Gasteiger partial charge on any atom is 0.418 e. The Morgan fingerprint density at radius 2 is 2.04 bits per heavy atom. The average Bonchev–Trinajstić information content (AvgIpc) is 3.03. The number of para-hydroxylation sites is 1. The Labute approximate surface area is 155 Å². The lowest BCUT2D eigenvalue weighted by Gasteiger charge is -2.13. The number of aryl methyl sites for hydroxylation is 1. The minimum atomic E-state index is -4.52. The molecule has 0 radical (unpaired) electrons. The number of rotatable bonds is 5. The van der Waals surface area contributed by atoms with Crippen molar-refractivity contribution in [2.24, 2.45) is 0 Å². The number of hydrogen-bond donors (Lipinski definition) is 1.